The monoisotopic (exact) mass is 315 g/mol. The van der Waals surface area contributed by atoms with Gasteiger partial charge in [0.05, 0.1) is 14.2 Å². The van der Waals surface area contributed by atoms with Gasteiger partial charge in [-0.3, -0.25) is 0 Å². The number of aromatic hydroxyl groups is 2. The minimum Gasteiger partial charge on any atom is -0.504 e. The lowest BCUT2D eigenvalue weighted by Gasteiger charge is -2.28. The molecule has 122 valence electrons. The van der Waals surface area contributed by atoms with Crippen LogP contribution in [-0.2, 0) is 12.8 Å². The van der Waals surface area contributed by atoms with Gasteiger partial charge in [-0.1, -0.05) is 6.07 Å². The first-order valence-corrected chi connectivity index (χ1v) is 7.61. The molecule has 2 aromatic rings. The summed E-state index contributed by atoms with van der Waals surface area (Å²) in [6.07, 6.45) is 1.65. The van der Waals surface area contributed by atoms with Gasteiger partial charge in [0.2, 0.25) is 0 Å². The van der Waals surface area contributed by atoms with E-state index in [0.29, 0.717) is 11.5 Å². The Labute approximate surface area is 135 Å². The first-order chi connectivity index (χ1) is 11.1. The maximum absolute atomic E-state index is 10.1. The van der Waals surface area contributed by atoms with Gasteiger partial charge in [0.25, 0.3) is 0 Å². The van der Waals surface area contributed by atoms with E-state index < -0.39 is 0 Å². The third kappa shape index (κ3) is 3.05. The summed E-state index contributed by atoms with van der Waals surface area (Å²) >= 11 is 0. The van der Waals surface area contributed by atoms with E-state index in [0.717, 1.165) is 30.5 Å². The van der Waals surface area contributed by atoms with Gasteiger partial charge in [0.1, 0.15) is 0 Å². The number of phenols is 2. The quantitative estimate of drug-likeness (QED) is 0.809. The molecule has 1 aliphatic heterocycles. The van der Waals surface area contributed by atoms with Crippen molar-refractivity contribution in [3.8, 4) is 23.0 Å². The Morgan fingerprint density at radius 1 is 1.04 bits per heavy atom. The topological polar surface area (TPSA) is 71.0 Å². The Morgan fingerprint density at radius 2 is 1.78 bits per heavy atom. The minimum absolute atomic E-state index is 0.102. The Hall–Kier alpha value is -2.40. The average molecular weight is 315 g/mol. The molecule has 0 radical (unpaired) electrons. The summed E-state index contributed by atoms with van der Waals surface area (Å²) in [5, 5.41) is 23.3. The van der Waals surface area contributed by atoms with E-state index in [-0.39, 0.29) is 17.5 Å². The van der Waals surface area contributed by atoms with Crippen LogP contribution < -0.4 is 14.8 Å². The molecule has 1 heterocycles. The van der Waals surface area contributed by atoms with Crippen LogP contribution in [0.15, 0.2) is 30.3 Å². The first-order valence-electron chi connectivity index (χ1n) is 7.61. The number of rotatable bonds is 4. The van der Waals surface area contributed by atoms with Crippen LogP contribution in [0.3, 0.4) is 0 Å². The maximum atomic E-state index is 10.1. The normalized spacial score (nSPS) is 16.7. The molecule has 0 fully saturated rings. The molecule has 0 aromatic heterocycles. The molecule has 0 bridgehead atoms. The summed E-state index contributed by atoms with van der Waals surface area (Å²) in [5.41, 5.74) is 3.33. The van der Waals surface area contributed by atoms with Gasteiger partial charge in [-0.25, -0.2) is 0 Å². The summed E-state index contributed by atoms with van der Waals surface area (Å²) in [6.45, 7) is 0.876. The van der Waals surface area contributed by atoms with E-state index in [1.165, 1.54) is 12.7 Å². The van der Waals surface area contributed by atoms with Gasteiger partial charge in [0, 0.05) is 6.04 Å². The number of nitrogens with one attached hydrogen (secondary N) is 1. The summed E-state index contributed by atoms with van der Waals surface area (Å²) in [4.78, 5) is 0. The van der Waals surface area contributed by atoms with Crippen molar-refractivity contribution in [3.05, 3.63) is 47.0 Å². The highest BCUT2D eigenvalue weighted by molar-refractivity contribution is 5.49. The fraction of sp³-hybridized carbons (Fsp3) is 0.333. The summed E-state index contributed by atoms with van der Waals surface area (Å²) in [6, 6.07) is 9.16. The van der Waals surface area contributed by atoms with Gasteiger partial charge in [-0.2, -0.15) is 0 Å². The molecule has 0 unspecified atom stereocenters. The van der Waals surface area contributed by atoms with E-state index in [4.69, 9.17) is 9.47 Å². The highest BCUT2D eigenvalue weighted by Crippen LogP contribution is 2.36. The fourth-order valence-corrected chi connectivity index (χ4v) is 3.09. The van der Waals surface area contributed by atoms with E-state index in [1.54, 1.807) is 19.2 Å². The van der Waals surface area contributed by atoms with Gasteiger partial charge >= 0.3 is 0 Å². The van der Waals surface area contributed by atoms with Crippen molar-refractivity contribution in [2.45, 2.75) is 18.9 Å². The van der Waals surface area contributed by atoms with Gasteiger partial charge in [-0.05, 0) is 60.3 Å². The Morgan fingerprint density at radius 3 is 2.52 bits per heavy atom. The zero-order valence-corrected chi connectivity index (χ0v) is 13.3. The average Bonchev–Trinajstić information content (AvgIpc) is 2.56. The van der Waals surface area contributed by atoms with Crippen molar-refractivity contribution in [1.82, 2.24) is 5.32 Å². The predicted octanol–water partition coefficient (Wildman–Crippen LogP) is 2.54. The van der Waals surface area contributed by atoms with Crippen molar-refractivity contribution in [2.24, 2.45) is 0 Å². The molecular weight excluding hydrogens is 294 g/mol. The number of phenolic OH excluding ortho intramolecular Hbond substituents is 2. The van der Waals surface area contributed by atoms with E-state index in [2.05, 4.69) is 5.32 Å². The van der Waals surface area contributed by atoms with Crippen LogP contribution in [-0.4, -0.2) is 31.0 Å². The van der Waals surface area contributed by atoms with Crippen LogP contribution in [0, 0.1) is 0 Å². The number of fused-ring (bicyclic) bond motifs is 1. The van der Waals surface area contributed by atoms with Crippen LogP contribution in [0.4, 0.5) is 0 Å². The van der Waals surface area contributed by atoms with Crippen LogP contribution in [0.2, 0.25) is 0 Å². The van der Waals surface area contributed by atoms with Crippen molar-refractivity contribution in [2.75, 3.05) is 20.8 Å². The molecule has 5 heteroatoms. The molecule has 23 heavy (non-hydrogen) atoms. The Kier molecular flexibility index (Phi) is 4.30. The molecule has 5 nitrogen and oxygen atoms in total. The Bertz CT molecular complexity index is 714. The third-order valence-corrected chi connectivity index (χ3v) is 4.29. The lowest BCUT2D eigenvalue weighted by molar-refractivity contribution is 0.369. The van der Waals surface area contributed by atoms with Crippen molar-refractivity contribution in [1.29, 1.82) is 0 Å². The molecule has 0 aliphatic carbocycles. The Balaban J connectivity index is 1.90. The highest BCUT2D eigenvalue weighted by Gasteiger charge is 2.22. The second-order valence-corrected chi connectivity index (χ2v) is 5.69. The van der Waals surface area contributed by atoms with Crippen molar-refractivity contribution in [3.63, 3.8) is 0 Å². The summed E-state index contributed by atoms with van der Waals surface area (Å²) < 4.78 is 10.4. The maximum Gasteiger partial charge on any atom is 0.160 e. The van der Waals surface area contributed by atoms with Crippen LogP contribution in [0.5, 0.6) is 23.0 Å². The highest BCUT2D eigenvalue weighted by atomic mass is 16.5. The first kappa shape index (κ1) is 15.5. The standard InChI is InChI=1S/C18H21NO4/c1-22-17-8-11(3-4-15(17)20)7-14-13-10-16(21)18(23-2)9-12(13)5-6-19-14/h3-4,8-10,14,19-21H,5-7H2,1-2H3/t14-/m0/s1. The second-order valence-electron chi connectivity index (χ2n) is 5.69. The molecule has 3 rings (SSSR count). The zero-order chi connectivity index (χ0) is 16.4. The molecule has 2 aromatic carbocycles. The molecular formula is C18H21NO4. The largest absolute Gasteiger partial charge is 0.504 e. The smallest absolute Gasteiger partial charge is 0.160 e. The lowest BCUT2D eigenvalue weighted by Crippen LogP contribution is -2.31. The summed E-state index contributed by atoms with van der Waals surface area (Å²) in [5.74, 6) is 1.27. The number of hydrogen-bond acceptors (Lipinski definition) is 5. The molecule has 3 N–H and O–H groups in total. The number of methoxy groups -OCH3 is 2. The molecule has 1 aliphatic rings. The molecule has 0 saturated carbocycles. The van der Waals surface area contributed by atoms with Crippen molar-refractivity contribution >= 4 is 0 Å². The lowest BCUT2D eigenvalue weighted by atomic mass is 9.90. The van der Waals surface area contributed by atoms with Crippen LogP contribution in [0.25, 0.3) is 0 Å². The molecule has 0 amide bonds. The van der Waals surface area contributed by atoms with Crippen LogP contribution >= 0.6 is 0 Å². The molecule has 1 atom stereocenters. The molecule has 0 spiro atoms. The second kappa shape index (κ2) is 6.38. The van der Waals surface area contributed by atoms with Crippen LogP contribution in [0.1, 0.15) is 22.7 Å². The van der Waals surface area contributed by atoms with Crippen molar-refractivity contribution < 1.29 is 19.7 Å². The zero-order valence-electron chi connectivity index (χ0n) is 13.3. The van der Waals surface area contributed by atoms with E-state index >= 15 is 0 Å². The number of hydrogen-bond donors (Lipinski definition) is 3. The fourth-order valence-electron chi connectivity index (χ4n) is 3.09. The van der Waals surface area contributed by atoms with E-state index in [9.17, 15) is 10.2 Å². The minimum atomic E-state index is 0.102. The third-order valence-electron chi connectivity index (χ3n) is 4.29. The van der Waals surface area contributed by atoms with Gasteiger partial charge in [0.15, 0.2) is 23.0 Å². The van der Waals surface area contributed by atoms with E-state index in [1.807, 2.05) is 18.2 Å². The predicted molar refractivity (Wildman–Crippen MR) is 87.5 cm³/mol. The molecule has 0 saturated heterocycles. The number of ether oxygens (including phenoxy) is 2. The van der Waals surface area contributed by atoms with Gasteiger partial charge < -0.3 is 25.0 Å². The summed E-state index contributed by atoms with van der Waals surface area (Å²) in [7, 11) is 3.10. The van der Waals surface area contributed by atoms with Gasteiger partial charge in [-0.15, -0.1) is 0 Å². The SMILES string of the molecule is COc1cc(C[C@@H]2NCCc3cc(OC)c(O)cc32)ccc1O. The number of benzene rings is 2.